The van der Waals surface area contributed by atoms with Crippen molar-refractivity contribution in [3.8, 4) is 0 Å². The topological polar surface area (TPSA) is 257 Å². The van der Waals surface area contributed by atoms with Crippen molar-refractivity contribution in [2.24, 2.45) is 0 Å². The van der Waals surface area contributed by atoms with Crippen LogP contribution in [0.15, 0.2) is 25.1 Å². The first-order valence-corrected chi connectivity index (χ1v) is 12.9. The summed E-state index contributed by atoms with van der Waals surface area (Å²) in [6.45, 7) is 0. The number of hydrogen-bond donors (Lipinski definition) is 5. The van der Waals surface area contributed by atoms with Gasteiger partial charge in [0.15, 0.2) is 10.5 Å². The third-order valence-corrected chi connectivity index (χ3v) is 8.19. The molecule has 0 spiro atoms. The van der Waals surface area contributed by atoms with Crippen molar-refractivity contribution >= 4 is 142 Å². The van der Waals surface area contributed by atoms with Crippen LogP contribution in [-0.4, -0.2) is 144 Å². The zero-order valence-electron chi connectivity index (χ0n) is 18.6. The molecule has 1 aromatic heterocycles. The molecule has 0 fully saturated rings. The number of hydrogen-bond acceptors (Lipinski definition) is 10. The molecule has 35 heavy (non-hydrogen) atoms. The van der Waals surface area contributed by atoms with E-state index in [1.54, 1.807) is 0 Å². The fraction of sp³-hybridized carbons (Fsp3) is 0.333. The molecule has 2 aromatic rings. The van der Waals surface area contributed by atoms with Crippen LogP contribution >= 0.6 is 0 Å². The Morgan fingerprint density at radius 1 is 1.06 bits per heavy atom. The van der Waals surface area contributed by atoms with Crippen molar-refractivity contribution in [2.45, 2.75) is 40.2 Å². The van der Waals surface area contributed by atoms with Gasteiger partial charge < -0.3 is 15.3 Å². The van der Waals surface area contributed by atoms with Crippen LogP contribution in [0.2, 0.25) is 0 Å². The zero-order chi connectivity index (χ0) is 24.4. The average molecular weight is 582 g/mol. The quantitative estimate of drug-likeness (QED) is 0.112. The summed E-state index contributed by atoms with van der Waals surface area (Å²) in [5.41, 5.74) is 1.67. The minimum absolute atomic E-state index is 0. The van der Waals surface area contributed by atoms with Crippen molar-refractivity contribution in [1.82, 2.24) is 0 Å². The SMILES string of the molecule is Nc1c(S(=O)(=O)O)cc2c3c(c(=O)oc2c1S(=O)(=O)O)CCC3C(CC(=O)O)S(=O)(=O)O.[Na].[Na].[Na]. The molecular weight excluding hydrogens is 567 g/mol. The van der Waals surface area contributed by atoms with Crippen LogP contribution in [0, 0.1) is 0 Å². The van der Waals surface area contributed by atoms with Crippen molar-refractivity contribution in [3.63, 3.8) is 0 Å². The Hall–Kier alpha value is 0.430. The fourth-order valence-electron chi connectivity index (χ4n) is 3.93. The van der Waals surface area contributed by atoms with Crippen LogP contribution in [0.5, 0.6) is 0 Å². The maximum absolute atomic E-state index is 12.5. The molecule has 0 saturated carbocycles. The maximum atomic E-state index is 12.5. The molecule has 3 radical (unpaired) electrons. The number of carboxylic acid groups (broad SMARTS) is 1. The predicted octanol–water partition coefficient (Wildman–Crippen LogP) is -1.51. The maximum Gasteiger partial charge on any atom is 0.339 e. The Balaban J connectivity index is 0.00000385. The second-order valence-electron chi connectivity index (χ2n) is 7.02. The van der Waals surface area contributed by atoms with E-state index in [4.69, 9.17) is 15.3 Å². The first kappa shape index (κ1) is 35.4. The van der Waals surface area contributed by atoms with Crippen LogP contribution in [0.25, 0.3) is 11.0 Å². The standard InChI is InChI=1S/C15H15NO13S3.3Na/c16-12-9(31(23,24)25)3-7-11-5(8(4-10(17)18)30(20,21)22)1-2-6(11)15(19)29-13(7)14(12)32(26,27)28;;;/h3,5,8H,1-2,4,16H2,(H,17,18)(H,20,21,22)(H,23,24,25)(H,26,27,28);;;. The minimum atomic E-state index is -5.36. The van der Waals surface area contributed by atoms with Gasteiger partial charge in [0.05, 0.1) is 12.1 Å². The molecular formula is C15H15NNa3O13S3. The molecule has 2 atom stereocenters. The van der Waals surface area contributed by atoms with Crippen molar-refractivity contribution in [1.29, 1.82) is 0 Å². The van der Waals surface area contributed by atoms with Crippen LogP contribution in [0.4, 0.5) is 5.69 Å². The van der Waals surface area contributed by atoms with E-state index in [-0.39, 0.29) is 113 Å². The fourth-order valence-corrected chi connectivity index (χ4v) is 6.46. The van der Waals surface area contributed by atoms with E-state index in [1.165, 1.54) is 0 Å². The first-order chi connectivity index (χ1) is 14.4. The molecule has 1 heterocycles. The Kier molecular flexibility index (Phi) is 12.2. The largest absolute Gasteiger partial charge is 0.481 e. The Morgan fingerprint density at radius 3 is 2.03 bits per heavy atom. The summed E-state index contributed by atoms with van der Waals surface area (Å²) in [6, 6.07) is 0.608. The van der Waals surface area contributed by atoms with Gasteiger partial charge in [0.1, 0.15) is 10.1 Å². The third kappa shape index (κ3) is 7.10. The summed E-state index contributed by atoms with van der Waals surface area (Å²) >= 11 is 0. The van der Waals surface area contributed by atoms with E-state index in [0.29, 0.717) is 6.07 Å². The zero-order valence-corrected chi connectivity index (χ0v) is 27.1. The van der Waals surface area contributed by atoms with Crippen molar-refractivity contribution in [2.75, 3.05) is 5.73 Å². The molecule has 0 aliphatic heterocycles. The van der Waals surface area contributed by atoms with Gasteiger partial charge in [0, 0.05) is 106 Å². The molecule has 6 N–H and O–H groups in total. The van der Waals surface area contributed by atoms with Gasteiger partial charge in [-0.1, -0.05) is 0 Å². The Morgan fingerprint density at radius 2 is 1.60 bits per heavy atom. The van der Waals surface area contributed by atoms with E-state index < -0.39 is 86.0 Å². The van der Waals surface area contributed by atoms with Gasteiger partial charge in [0.2, 0.25) is 0 Å². The van der Waals surface area contributed by atoms with E-state index in [1.807, 2.05) is 0 Å². The number of carboxylic acids is 1. The van der Waals surface area contributed by atoms with Crippen molar-refractivity contribution in [3.05, 3.63) is 27.6 Å². The molecule has 1 aliphatic carbocycles. The van der Waals surface area contributed by atoms with Crippen molar-refractivity contribution < 1.29 is 53.2 Å². The summed E-state index contributed by atoms with van der Waals surface area (Å²) < 4.78 is 105. The van der Waals surface area contributed by atoms with Gasteiger partial charge in [-0.15, -0.1) is 0 Å². The molecule has 20 heteroatoms. The molecule has 2 unspecified atom stereocenters. The van der Waals surface area contributed by atoms with Gasteiger partial charge in [-0.05, 0) is 24.5 Å². The summed E-state index contributed by atoms with van der Waals surface area (Å²) in [7, 11) is -15.6. The van der Waals surface area contributed by atoms with E-state index in [0.717, 1.165) is 0 Å². The van der Waals surface area contributed by atoms with E-state index >= 15 is 0 Å². The number of anilines is 1. The third-order valence-electron chi connectivity index (χ3n) is 5.11. The smallest absolute Gasteiger partial charge is 0.339 e. The summed E-state index contributed by atoms with van der Waals surface area (Å²) in [5.74, 6) is -3.02. The number of aliphatic carboxylic acids is 1. The van der Waals surface area contributed by atoms with Gasteiger partial charge in [-0.3, -0.25) is 18.5 Å². The summed E-state index contributed by atoms with van der Waals surface area (Å²) in [6.07, 6.45) is -1.49. The molecule has 0 saturated heterocycles. The average Bonchev–Trinajstić information content (AvgIpc) is 3.01. The predicted molar refractivity (Wildman–Crippen MR) is 122 cm³/mol. The molecule has 14 nitrogen and oxygen atoms in total. The number of fused-ring (bicyclic) bond motifs is 3. The summed E-state index contributed by atoms with van der Waals surface area (Å²) in [5, 5.41) is 6.54. The number of rotatable bonds is 6. The Labute approximate surface area is 265 Å². The second-order valence-corrected chi connectivity index (χ2v) is 11.4. The molecule has 1 aliphatic rings. The van der Waals surface area contributed by atoms with Crippen LogP contribution in [0.3, 0.4) is 0 Å². The molecule has 179 valence electrons. The van der Waals surface area contributed by atoms with Gasteiger partial charge >= 0.3 is 11.6 Å². The molecule has 3 rings (SSSR count). The second kappa shape index (κ2) is 12.1. The number of benzene rings is 1. The van der Waals surface area contributed by atoms with Gasteiger partial charge in [0.25, 0.3) is 30.4 Å². The van der Waals surface area contributed by atoms with E-state index in [2.05, 4.69) is 0 Å². The normalized spacial score (nSPS) is 16.4. The van der Waals surface area contributed by atoms with Crippen LogP contribution in [0.1, 0.15) is 29.9 Å². The summed E-state index contributed by atoms with van der Waals surface area (Å²) in [4.78, 5) is 21.1. The van der Waals surface area contributed by atoms with Gasteiger partial charge in [-0.25, -0.2) is 4.79 Å². The molecule has 0 amide bonds. The van der Waals surface area contributed by atoms with Crippen LogP contribution in [-0.2, 0) is 41.6 Å². The number of nitrogen functional groups attached to an aromatic ring is 1. The van der Waals surface area contributed by atoms with Gasteiger partial charge in [-0.2, -0.15) is 25.3 Å². The van der Waals surface area contributed by atoms with E-state index in [9.17, 15) is 48.5 Å². The number of carbonyl (C=O) groups is 1. The molecule has 0 bridgehead atoms. The molecule has 1 aromatic carbocycles. The Bertz CT molecular complexity index is 1550. The minimum Gasteiger partial charge on any atom is -0.481 e. The first-order valence-electron chi connectivity index (χ1n) is 8.49. The number of nitrogens with two attached hydrogens (primary N) is 1. The van der Waals surface area contributed by atoms with Crippen LogP contribution < -0.4 is 11.4 Å². The monoisotopic (exact) mass is 582 g/mol.